The normalized spacial score (nSPS) is 10.6. The number of halogens is 1. The topological polar surface area (TPSA) is 88.5 Å². The van der Waals surface area contributed by atoms with E-state index in [0.29, 0.717) is 20.1 Å². The van der Waals surface area contributed by atoms with E-state index in [1.807, 2.05) is 0 Å². The number of methoxy groups -OCH3 is 1. The Morgan fingerprint density at radius 3 is 2.72 bits per heavy atom. The van der Waals surface area contributed by atoms with Gasteiger partial charge < -0.3 is 15.2 Å². The first-order valence-electron chi connectivity index (χ1n) is 7.22. The first kappa shape index (κ1) is 17.2. The van der Waals surface area contributed by atoms with E-state index in [9.17, 15) is 14.7 Å². The van der Waals surface area contributed by atoms with Gasteiger partial charge in [0.25, 0.3) is 5.91 Å². The number of nitrogens with zero attached hydrogens (tertiary/aromatic N) is 1. The van der Waals surface area contributed by atoms with Gasteiger partial charge in [-0.15, -0.1) is 11.3 Å². The highest BCUT2D eigenvalue weighted by atomic mass is 35.5. The largest absolute Gasteiger partial charge is 0.506 e. The summed E-state index contributed by atoms with van der Waals surface area (Å²) in [7, 11) is 1.27. The molecular formula is C17H13ClN2O4S. The van der Waals surface area contributed by atoms with Crippen molar-refractivity contribution in [3.63, 3.8) is 0 Å². The molecule has 1 amide bonds. The molecule has 8 heteroatoms. The van der Waals surface area contributed by atoms with E-state index in [2.05, 4.69) is 15.0 Å². The molecule has 3 aromatic rings. The zero-order valence-corrected chi connectivity index (χ0v) is 14.6. The Morgan fingerprint density at radius 1 is 1.32 bits per heavy atom. The number of aromatic hydroxyl groups is 1. The lowest BCUT2D eigenvalue weighted by Crippen LogP contribution is -2.23. The summed E-state index contributed by atoms with van der Waals surface area (Å²) >= 11 is 6.91. The number of thiophene rings is 1. The molecule has 0 unspecified atom stereocenters. The zero-order chi connectivity index (χ0) is 18.0. The second-order valence-electron chi connectivity index (χ2n) is 5.15. The summed E-state index contributed by atoms with van der Waals surface area (Å²) in [6.45, 7) is 0.282. The van der Waals surface area contributed by atoms with E-state index in [4.69, 9.17) is 11.6 Å². The van der Waals surface area contributed by atoms with Gasteiger partial charge in [-0.05, 0) is 23.8 Å². The Hall–Kier alpha value is -2.64. The third-order valence-corrected chi connectivity index (χ3v) is 4.81. The van der Waals surface area contributed by atoms with Crippen LogP contribution in [0.1, 0.15) is 25.6 Å². The molecule has 0 atom stereocenters. The van der Waals surface area contributed by atoms with Gasteiger partial charge >= 0.3 is 5.97 Å². The lowest BCUT2D eigenvalue weighted by atomic mass is 10.1. The molecule has 25 heavy (non-hydrogen) atoms. The molecule has 128 valence electrons. The quantitative estimate of drug-likeness (QED) is 0.681. The molecule has 0 spiro atoms. The number of hydrogen-bond acceptors (Lipinski definition) is 6. The standard InChI is InChI=1S/C17H13ClN2O4S/c1-24-17(23)13-6-11-14(21)12(8-20-16(11)25-13)15(22)19-7-9-2-4-10(18)5-3-9/h2-6,8H,7H2,1H3,(H,19,22)(H,20,21). The van der Waals surface area contributed by atoms with E-state index in [1.165, 1.54) is 19.4 Å². The Labute approximate surface area is 152 Å². The number of nitrogens with one attached hydrogen (secondary N) is 1. The third-order valence-electron chi connectivity index (χ3n) is 3.53. The van der Waals surface area contributed by atoms with Crippen LogP contribution in [0.5, 0.6) is 5.75 Å². The maximum atomic E-state index is 12.3. The van der Waals surface area contributed by atoms with Gasteiger partial charge in [-0.2, -0.15) is 0 Å². The van der Waals surface area contributed by atoms with Gasteiger partial charge in [0, 0.05) is 17.8 Å². The highest BCUT2D eigenvalue weighted by Crippen LogP contribution is 2.33. The van der Waals surface area contributed by atoms with Crippen LogP contribution in [-0.2, 0) is 11.3 Å². The maximum Gasteiger partial charge on any atom is 0.348 e. The molecule has 0 fully saturated rings. The number of rotatable bonds is 4. The first-order chi connectivity index (χ1) is 12.0. The molecule has 0 saturated heterocycles. The smallest absolute Gasteiger partial charge is 0.348 e. The van der Waals surface area contributed by atoms with Gasteiger partial charge in [0.15, 0.2) is 0 Å². The Morgan fingerprint density at radius 2 is 2.04 bits per heavy atom. The van der Waals surface area contributed by atoms with Crippen LogP contribution in [0.15, 0.2) is 36.5 Å². The Kier molecular flexibility index (Phi) is 4.87. The molecular weight excluding hydrogens is 364 g/mol. The van der Waals surface area contributed by atoms with Crippen LogP contribution in [0, 0.1) is 0 Å². The minimum absolute atomic E-state index is 0.0377. The van der Waals surface area contributed by atoms with Gasteiger partial charge in [-0.25, -0.2) is 9.78 Å². The second kappa shape index (κ2) is 7.08. The highest BCUT2D eigenvalue weighted by Gasteiger charge is 2.19. The molecule has 1 aromatic carbocycles. The minimum atomic E-state index is -0.517. The molecule has 0 aliphatic rings. The number of fused-ring (bicyclic) bond motifs is 1. The lowest BCUT2D eigenvalue weighted by molar-refractivity contribution is 0.0606. The second-order valence-corrected chi connectivity index (χ2v) is 6.62. The third kappa shape index (κ3) is 3.57. The van der Waals surface area contributed by atoms with Gasteiger partial charge in [0.05, 0.1) is 12.5 Å². The summed E-state index contributed by atoms with van der Waals surface area (Å²) in [5, 5.41) is 14.0. The molecule has 2 N–H and O–H groups in total. The number of carbonyl (C=O) groups excluding carboxylic acids is 2. The summed E-state index contributed by atoms with van der Waals surface area (Å²) in [6.07, 6.45) is 1.28. The molecule has 3 rings (SSSR count). The fourth-order valence-corrected chi connectivity index (χ4v) is 3.27. The highest BCUT2D eigenvalue weighted by molar-refractivity contribution is 7.20. The molecule has 0 bridgehead atoms. The van der Waals surface area contributed by atoms with E-state index in [1.54, 1.807) is 24.3 Å². The van der Waals surface area contributed by atoms with Gasteiger partial charge in [-0.3, -0.25) is 4.79 Å². The van der Waals surface area contributed by atoms with E-state index >= 15 is 0 Å². The molecule has 2 aromatic heterocycles. The Bertz CT molecular complexity index is 953. The number of aromatic nitrogens is 1. The van der Waals surface area contributed by atoms with Crippen LogP contribution in [0.4, 0.5) is 0 Å². The van der Waals surface area contributed by atoms with Crippen molar-refractivity contribution in [2.45, 2.75) is 6.54 Å². The molecule has 2 heterocycles. The Balaban J connectivity index is 1.82. The van der Waals surface area contributed by atoms with E-state index < -0.39 is 11.9 Å². The fraction of sp³-hybridized carbons (Fsp3) is 0.118. The van der Waals surface area contributed by atoms with Crippen LogP contribution in [0.2, 0.25) is 5.02 Å². The summed E-state index contributed by atoms with van der Waals surface area (Å²) in [6, 6.07) is 8.52. The maximum absolute atomic E-state index is 12.3. The van der Waals surface area contributed by atoms with Gasteiger partial charge in [0.1, 0.15) is 21.0 Å². The molecule has 0 aliphatic carbocycles. The average molecular weight is 377 g/mol. The lowest BCUT2D eigenvalue weighted by Gasteiger charge is -2.07. The van der Waals surface area contributed by atoms with Crippen LogP contribution >= 0.6 is 22.9 Å². The van der Waals surface area contributed by atoms with Crippen molar-refractivity contribution >= 4 is 45.0 Å². The zero-order valence-electron chi connectivity index (χ0n) is 13.1. The predicted molar refractivity (Wildman–Crippen MR) is 95.2 cm³/mol. The van der Waals surface area contributed by atoms with Crippen LogP contribution in [-0.4, -0.2) is 29.1 Å². The minimum Gasteiger partial charge on any atom is -0.506 e. The number of pyridine rings is 1. The first-order valence-corrected chi connectivity index (χ1v) is 8.41. The van der Waals surface area contributed by atoms with Gasteiger partial charge in [0.2, 0.25) is 0 Å². The van der Waals surface area contributed by atoms with Gasteiger partial charge in [-0.1, -0.05) is 23.7 Å². The van der Waals surface area contributed by atoms with Crippen molar-refractivity contribution in [2.24, 2.45) is 0 Å². The molecule has 0 aliphatic heterocycles. The SMILES string of the molecule is COC(=O)c1cc2c(O)c(C(=O)NCc3ccc(Cl)cc3)cnc2s1. The number of benzene rings is 1. The van der Waals surface area contributed by atoms with E-state index in [-0.39, 0.29) is 17.9 Å². The summed E-state index contributed by atoms with van der Waals surface area (Å²) in [5.74, 6) is -1.20. The van der Waals surface area contributed by atoms with Crippen molar-refractivity contribution < 1.29 is 19.4 Å². The fourth-order valence-electron chi connectivity index (χ4n) is 2.22. The summed E-state index contributed by atoms with van der Waals surface area (Å²) in [4.78, 5) is 28.8. The molecule has 6 nitrogen and oxygen atoms in total. The van der Waals surface area contributed by atoms with Crippen molar-refractivity contribution in [2.75, 3.05) is 7.11 Å². The van der Waals surface area contributed by atoms with Crippen molar-refractivity contribution in [3.05, 3.63) is 57.6 Å². The van der Waals surface area contributed by atoms with E-state index in [0.717, 1.165) is 16.9 Å². The van der Waals surface area contributed by atoms with Crippen LogP contribution in [0.3, 0.4) is 0 Å². The number of esters is 1. The average Bonchev–Trinajstić information content (AvgIpc) is 3.06. The van der Waals surface area contributed by atoms with Crippen molar-refractivity contribution in [3.8, 4) is 5.75 Å². The number of hydrogen-bond donors (Lipinski definition) is 2. The summed E-state index contributed by atoms with van der Waals surface area (Å²) in [5.41, 5.74) is 0.908. The van der Waals surface area contributed by atoms with Crippen LogP contribution in [0.25, 0.3) is 10.2 Å². The number of ether oxygens (including phenoxy) is 1. The van der Waals surface area contributed by atoms with Crippen molar-refractivity contribution in [1.82, 2.24) is 10.3 Å². The molecule has 0 saturated carbocycles. The molecule has 0 radical (unpaired) electrons. The predicted octanol–water partition coefficient (Wildman–Crippen LogP) is 3.37. The number of carbonyl (C=O) groups is 2. The summed E-state index contributed by atoms with van der Waals surface area (Å²) < 4.78 is 4.65. The van der Waals surface area contributed by atoms with Crippen molar-refractivity contribution in [1.29, 1.82) is 0 Å². The van der Waals surface area contributed by atoms with Crippen LogP contribution < -0.4 is 5.32 Å². The monoisotopic (exact) mass is 376 g/mol. The number of amides is 1.